The van der Waals surface area contributed by atoms with Crippen molar-refractivity contribution in [2.45, 2.75) is 98.1 Å². The van der Waals surface area contributed by atoms with E-state index in [1.807, 2.05) is 24.3 Å². The molecule has 0 aromatic heterocycles. The summed E-state index contributed by atoms with van der Waals surface area (Å²) < 4.78 is 0. The SMILES string of the molecule is C=c1cccc2cc/c(=C3\C(=O)C(c4ccc5cccc(C)c5c4NC4(C)CC(C)CC(C)C4)=C3O)c(NC3(C)CC(C)CC(C)C3)c12. The topological polar surface area (TPSA) is 61.4 Å². The van der Waals surface area contributed by atoms with Crippen LogP contribution in [-0.2, 0) is 4.79 Å². The highest BCUT2D eigenvalue weighted by atomic mass is 16.3. The number of rotatable bonds is 5. The van der Waals surface area contributed by atoms with E-state index in [2.05, 4.69) is 102 Å². The van der Waals surface area contributed by atoms with Crippen LogP contribution in [0.2, 0.25) is 0 Å². The summed E-state index contributed by atoms with van der Waals surface area (Å²) in [5.41, 5.74) is 4.32. The molecule has 4 aromatic rings. The minimum absolute atomic E-state index is 0.0750. The van der Waals surface area contributed by atoms with E-state index in [9.17, 15) is 9.90 Å². The molecule has 0 spiro atoms. The first-order chi connectivity index (χ1) is 22.8. The number of hydrogen-bond acceptors (Lipinski definition) is 4. The van der Waals surface area contributed by atoms with E-state index in [0.29, 0.717) is 34.8 Å². The second kappa shape index (κ2) is 11.8. The lowest BCUT2D eigenvalue weighted by atomic mass is 9.72. The molecule has 0 amide bonds. The average molecular weight is 641 g/mol. The van der Waals surface area contributed by atoms with Crippen LogP contribution in [0.3, 0.4) is 0 Å². The van der Waals surface area contributed by atoms with Crippen LogP contribution in [0.25, 0.3) is 39.3 Å². The summed E-state index contributed by atoms with van der Waals surface area (Å²) in [4.78, 5) is 14.5. The van der Waals surface area contributed by atoms with E-state index in [1.165, 1.54) is 12.8 Å². The van der Waals surface area contributed by atoms with Crippen molar-refractivity contribution >= 4 is 56.4 Å². The summed E-state index contributed by atoms with van der Waals surface area (Å²) in [5, 5.41) is 26.0. The number of allylic oxidation sites excluding steroid dienone is 2. The van der Waals surface area contributed by atoms with E-state index in [0.717, 1.165) is 80.2 Å². The van der Waals surface area contributed by atoms with Gasteiger partial charge in [0.1, 0.15) is 5.76 Å². The number of carbonyl (C=O) groups is 1. The van der Waals surface area contributed by atoms with Gasteiger partial charge in [-0.1, -0.05) is 94.9 Å². The maximum atomic E-state index is 14.5. The monoisotopic (exact) mass is 640 g/mol. The maximum Gasteiger partial charge on any atom is 0.201 e. The quantitative estimate of drug-likeness (QED) is 0.203. The minimum atomic E-state index is -0.144. The molecule has 4 heteroatoms. The van der Waals surface area contributed by atoms with Crippen molar-refractivity contribution in [1.82, 2.24) is 0 Å². The molecule has 2 saturated carbocycles. The van der Waals surface area contributed by atoms with Crippen molar-refractivity contribution in [3.8, 4) is 0 Å². The van der Waals surface area contributed by atoms with E-state index in [1.54, 1.807) is 0 Å². The number of nitrogens with one attached hydrogen (secondary N) is 2. The number of aliphatic hydroxyl groups excluding tert-OH is 1. The van der Waals surface area contributed by atoms with E-state index >= 15 is 0 Å². The fourth-order valence-corrected chi connectivity index (χ4v) is 10.4. The Morgan fingerprint density at radius 3 is 1.79 bits per heavy atom. The molecule has 4 atom stereocenters. The van der Waals surface area contributed by atoms with E-state index in [-0.39, 0.29) is 22.6 Å². The van der Waals surface area contributed by atoms with Crippen LogP contribution < -0.4 is 21.1 Å². The molecule has 0 saturated heterocycles. The van der Waals surface area contributed by atoms with Crippen molar-refractivity contribution in [3.63, 3.8) is 0 Å². The Kier molecular flexibility index (Phi) is 8.01. The molecule has 4 unspecified atom stereocenters. The first-order valence-corrected chi connectivity index (χ1v) is 18.1. The first-order valence-electron chi connectivity index (χ1n) is 18.1. The van der Waals surface area contributed by atoms with Gasteiger partial charge in [-0.05, 0) is 105 Å². The van der Waals surface area contributed by atoms with Crippen LogP contribution in [0, 0.1) is 30.6 Å². The molecule has 4 aromatic carbocycles. The Morgan fingerprint density at radius 1 is 0.688 bits per heavy atom. The second-order valence-corrected chi connectivity index (χ2v) is 16.7. The van der Waals surface area contributed by atoms with Crippen molar-refractivity contribution < 1.29 is 9.90 Å². The first kappa shape index (κ1) is 32.5. The number of carbonyl (C=O) groups excluding carboxylic acids is 1. The zero-order valence-electron chi connectivity index (χ0n) is 29.9. The van der Waals surface area contributed by atoms with Gasteiger partial charge in [0.2, 0.25) is 5.78 Å². The smallest absolute Gasteiger partial charge is 0.201 e. The molecule has 3 aliphatic carbocycles. The molecule has 2 fully saturated rings. The molecule has 250 valence electrons. The molecule has 0 heterocycles. The molecule has 7 rings (SSSR count). The van der Waals surface area contributed by atoms with Crippen LogP contribution in [-0.4, -0.2) is 22.0 Å². The van der Waals surface area contributed by atoms with Gasteiger partial charge in [-0.3, -0.25) is 4.79 Å². The largest absolute Gasteiger partial charge is 0.506 e. The summed E-state index contributed by atoms with van der Waals surface area (Å²) in [6, 6.07) is 20.7. The second-order valence-electron chi connectivity index (χ2n) is 16.7. The zero-order chi connectivity index (χ0) is 34.1. The highest BCUT2D eigenvalue weighted by Gasteiger charge is 2.41. The number of hydrogen-bond donors (Lipinski definition) is 3. The van der Waals surface area contributed by atoms with Crippen molar-refractivity contribution in [3.05, 3.63) is 88.0 Å². The molecule has 3 aliphatic rings. The Hall–Kier alpha value is -4.05. The average Bonchev–Trinajstić information content (AvgIpc) is 2.98. The van der Waals surface area contributed by atoms with Crippen LogP contribution >= 0.6 is 0 Å². The Morgan fingerprint density at radius 2 is 1.21 bits per heavy atom. The van der Waals surface area contributed by atoms with Crippen LogP contribution in [0.5, 0.6) is 0 Å². The molecular weight excluding hydrogens is 588 g/mol. The third-order valence-electron chi connectivity index (χ3n) is 11.5. The number of aliphatic hydroxyl groups is 1. The van der Waals surface area contributed by atoms with Crippen molar-refractivity contribution in [2.75, 3.05) is 10.6 Å². The highest BCUT2D eigenvalue weighted by Crippen LogP contribution is 2.46. The van der Waals surface area contributed by atoms with Crippen LogP contribution in [0.1, 0.15) is 91.2 Å². The van der Waals surface area contributed by atoms with Gasteiger partial charge in [0.15, 0.2) is 0 Å². The lowest BCUT2D eigenvalue weighted by Gasteiger charge is -2.43. The Bertz CT molecular complexity index is 2090. The molecule has 4 nitrogen and oxygen atoms in total. The number of anilines is 2. The lowest BCUT2D eigenvalue weighted by molar-refractivity contribution is -0.109. The summed E-state index contributed by atoms with van der Waals surface area (Å²) >= 11 is 0. The third-order valence-corrected chi connectivity index (χ3v) is 11.5. The third kappa shape index (κ3) is 5.61. The van der Waals surface area contributed by atoms with E-state index < -0.39 is 0 Å². The summed E-state index contributed by atoms with van der Waals surface area (Å²) in [5.74, 6) is 2.38. The minimum Gasteiger partial charge on any atom is -0.506 e. The van der Waals surface area contributed by atoms with Gasteiger partial charge >= 0.3 is 0 Å². The fraction of sp³-hybridized carbons (Fsp3) is 0.432. The predicted molar refractivity (Wildman–Crippen MR) is 204 cm³/mol. The number of benzene rings is 4. The van der Waals surface area contributed by atoms with Crippen LogP contribution in [0.4, 0.5) is 11.4 Å². The van der Waals surface area contributed by atoms with Gasteiger partial charge in [-0.25, -0.2) is 0 Å². The number of aryl methyl sites for hydroxylation is 1. The summed E-state index contributed by atoms with van der Waals surface area (Å²) in [6.45, 7) is 20.5. The highest BCUT2D eigenvalue weighted by molar-refractivity contribution is 6.52. The van der Waals surface area contributed by atoms with Crippen molar-refractivity contribution in [2.24, 2.45) is 23.7 Å². The Balaban J connectivity index is 1.43. The summed E-state index contributed by atoms with van der Waals surface area (Å²) in [7, 11) is 0. The molecule has 0 radical (unpaired) electrons. The number of fused-ring (bicyclic) bond motifs is 2. The molecule has 3 N–H and O–H groups in total. The van der Waals surface area contributed by atoms with Gasteiger partial charge in [-0.15, -0.1) is 0 Å². The number of ketones is 1. The van der Waals surface area contributed by atoms with Gasteiger partial charge in [0.25, 0.3) is 0 Å². The van der Waals surface area contributed by atoms with Crippen molar-refractivity contribution in [1.29, 1.82) is 0 Å². The van der Waals surface area contributed by atoms with Gasteiger partial charge in [-0.2, -0.15) is 0 Å². The zero-order valence-corrected chi connectivity index (χ0v) is 29.9. The van der Waals surface area contributed by atoms with Gasteiger partial charge in [0, 0.05) is 32.6 Å². The number of Topliss-reactive ketones (excluding diaryl/α,β-unsaturated/α-hetero) is 1. The normalized spacial score (nSPS) is 30.4. The van der Waals surface area contributed by atoms with E-state index in [4.69, 9.17) is 0 Å². The standard InChI is InChI=1S/C44H52N2O2/c1-25-19-26(2)22-43(7,21-25)45-39-33(17-15-31-13-9-11-29(5)35(31)39)37-41(47)38(42(37)48)34-18-16-32-14-10-12-30(6)36(32)40(34)46-44(8)23-27(3)20-28(4)24-44/h9-18,25-28,45-47H,5,19-24H2,1-4,6-8H3/b37-33+. The summed E-state index contributed by atoms with van der Waals surface area (Å²) in [6.07, 6.45) is 6.67. The van der Waals surface area contributed by atoms with Gasteiger partial charge in [0.05, 0.1) is 22.5 Å². The molecule has 0 aliphatic heterocycles. The van der Waals surface area contributed by atoms with Crippen LogP contribution in [0.15, 0.2) is 66.4 Å². The van der Waals surface area contributed by atoms with Gasteiger partial charge < -0.3 is 15.7 Å². The predicted octanol–water partition coefficient (Wildman–Crippen LogP) is 9.67. The lowest BCUT2D eigenvalue weighted by Crippen LogP contribution is -2.44. The molecule has 48 heavy (non-hydrogen) atoms. The Labute approximate surface area is 286 Å². The molecule has 0 bridgehead atoms. The fourth-order valence-electron chi connectivity index (χ4n) is 10.4. The maximum absolute atomic E-state index is 14.5. The molecular formula is C44H52N2O2.